The summed E-state index contributed by atoms with van der Waals surface area (Å²) < 4.78 is 8.03. The highest BCUT2D eigenvalue weighted by Gasteiger charge is 2.23. The minimum absolute atomic E-state index is 0.499. The van der Waals surface area contributed by atoms with Gasteiger partial charge in [-0.3, -0.25) is 0 Å². The molecule has 2 aromatic heterocycles. The molecule has 0 atom stereocenters. The van der Waals surface area contributed by atoms with Crippen molar-refractivity contribution in [3.8, 4) is 27.8 Å². The Morgan fingerprint density at radius 3 is 3.04 bits per heavy atom. The fraction of sp³-hybridized carbons (Fsp3) is 0.300. The molecule has 0 bridgehead atoms. The van der Waals surface area contributed by atoms with Crippen LogP contribution in [-0.4, -0.2) is 32.6 Å². The lowest BCUT2D eigenvalue weighted by Gasteiger charge is -2.10. The van der Waals surface area contributed by atoms with Crippen LogP contribution in [0.25, 0.3) is 27.7 Å². The van der Waals surface area contributed by atoms with Crippen molar-refractivity contribution in [2.75, 3.05) is 6.61 Å². The average molecular weight is 395 g/mol. The standard InChI is InChI=1S/C20H22N6OS/c1-12(2)10-26-11-23-25-19(26)20-24-18-15-4-3-13(14(8-21)9-22)7-16(15)27-6-5-17(18)28-20/h3-4,7-9,11-12,21H,5-6,10,22H2,1-2H3/b14-9+,21-8?. The third-order valence-corrected chi connectivity index (χ3v) is 5.67. The Bertz CT molecular complexity index is 1050. The zero-order valence-corrected chi connectivity index (χ0v) is 16.7. The van der Waals surface area contributed by atoms with Gasteiger partial charge in [-0.1, -0.05) is 19.9 Å². The Kier molecular flexibility index (Phi) is 4.95. The van der Waals surface area contributed by atoms with Crippen LogP contribution in [0.2, 0.25) is 0 Å². The first-order valence-corrected chi connectivity index (χ1v) is 10.00. The molecule has 3 aromatic rings. The van der Waals surface area contributed by atoms with Crippen LogP contribution >= 0.6 is 11.3 Å². The van der Waals surface area contributed by atoms with E-state index in [0.717, 1.165) is 46.4 Å². The molecule has 144 valence electrons. The van der Waals surface area contributed by atoms with E-state index < -0.39 is 0 Å². The predicted molar refractivity (Wildman–Crippen MR) is 112 cm³/mol. The fourth-order valence-corrected chi connectivity index (χ4v) is 4.33. The summed E-state index contributed by atoms with van der Waals surface area (Å²) >= 11 is 1.65. The number of ether oxygens (including phenoxy) is 1. The molecule has 0 saturated heterocycles. The molecule has 0 spiro atoms. The van der Waals surface area contributed by atoms with Gasteiger partial charge in [0.1, 0.15) is 12.1 Å². The van der Waals surface area contributed by atoms with Gasteiger partial charge in [-0.2, -0.15) is 0 Å². The number of fused-ring (bicyclic) bond motifs is 3. The highest BCUT2D eigenvalue weighted by molar-refractivity contribution is 7.15. The van der Waals surface area contributed by atoms with E-state index >= 15 is 0 Å². The van der Waals surface area contributed by atoms with Gasteiger partial charge in [0, 0.05) is 41.4 Å². The summed E-state index contributed by atoms with van der Waals surface area (Å²) in [5.74, 6) is 2.07. The van der Waals surface area contributed by atoms with Crippen molar-refractivity contribution in [1.29, 1.82) is 5.41 Å². The number of nitrogens with two attached hydrogens (primary N) is 1. The number of benzene rings is 1. The Labute approximate surface area is 167 Å². The fourth-order valence-electron chi connectivity index (χ4n) is 3.27. The minimum Gasteiger partial charge on any atom is -0.492 e. The number of thiazole rings is 1. The van der Waals surface area contributed by atoms with E-state index in [1.54, 1.807) is 17.7 Å². The van der Waals surface area contributed by atoms with Crippen molar-refractivity contribution in [2.45, 2.75) is 26.8 Å². The molecular formula is C20H22N6OS. The highest BCUT2D eigenvalue weighted by atomic mass is 32.1. The van der Waals surface area contributed by atoms with Crippen LogP contribution in [0.4, 0.5) is 0 Å². The maximum Gasteiger partial charge on any atom is 0.192 e. The molecule has 0 radical (unpaired) electrons. The van der Waals surface area contributed by atoms with Crippen LogP contribution in [-0.2, 0) is 13.0 Å². The van der Waals surface area contributed by atoms with Gasteiger partial charge < -0.3 is 20.4 Å². The van der Waals surface area contributed by atoms with Gasteiger partial charge in [-0.15, -0.1) is 21.5 Å². The number of aromatic nitrogens is 4. The second kappa shape index (κ2) is 7.55. The molecule has 8 heteroatoms. The normalized spacial score (nSPS) is 13.6. The third-order valence-electron chi connectivity index (χ3n) is 4.56. The van der Waals surface area contributed by atoms with Gasteiger partial charge in [-0.05, 0) is 23.6 Å². The van der Waals surface area contributed by atoms with Gasteiger partial charge >= 0.3 is 0 Å². The van der Waals surface area contributed by atoms with Crippen LogP contribution in [0.3, 0.4) is 0 Å². The van der Waals surface area contributed by atoms with Gasteiger partial charge in [-0.25, -0.2) is 4.98 Å². The van der Waals surface area contributed by atoms with Crippen LogP contribution in [0.15, 0.2) is 30.7 Å². The van der Waals surface area contributed by atoms with E-state index in [0.29, 0.717) is 18.1 Å². The minimum atomic E-state index is 0.499. The maximum absolute atomic E-state index is 7.51. The van der Waals surface area contributed by atoms with E-state index in [4.69, 9.17) is 20.9 Å². The quantitative estimate of drug-likeness (QED) is 0.644. The Morgan fingerprint density at radius 2 is 2.29 bits per heavy atom. The number of hydrogen-bond acceptors (Lipinski definition) is 7. The molecule has 7 nitrogen and oxygen atoms in total. The van der Waals surface area contributed by atoms with E-state index in [9.17, 15) is 0 Å². The molecule has 0 aliphatic carbocycles. The van der Waals surface area contributed by atoms with Gasteiger partial charge in [0.2, 0.25) is 0 Å². The highest BCUT2D eigenvalue weighted by Crippen LogP contribution is 2.40. The second-order valence-electron chi connectivity index (χ2n) is 7.07. The molecule has 28 heavy (non-hydrogen) atoms. The second-order valence-corrected chi connectivity index (χ2v) is 8.15. The van der Waals surface area contributed by atoms with Crippen LogP contribution in [0.5, 0.6) is 5.75 Å². The van der Waals surface area contributed by atoms with Crippen molar-refractivity contribution in [3.05, 3.63) is 41.2 Å². The summed E-state index contributed by atoms with van der Waals surface area (Å²) in [6.45, 7) is 5.78. The first-order valence-electron chi connectivity index (χ1n) is 9.18. The van der Waals surface area contributed by atoms with Crippen LogP contribution in [0, 0.1) is 11.3 Å². The summed E-state index contributed by atoms with van der Waals surface area (Å²) in [6.07, 6.45) is 5.23. The van der Waals surface area contributed by atoms with Crippen LogP contribution < -0.4 is 10.5 Å². The molecule has 0 fully saturated rings. The van der Waals surface area contributed by atoms with Crippen molar-refractivity contribution in [3.63, 3.8) is 0 Å². The first-order chi connectivity index (χ1) is 13.6. The molecule has 1 aliphatic heterocycles. The van der Waals surface area contributed by atoms with Crippen molar-refractivity contribution in [2.24, 2.45) is 11.7 Å². The van der Waals surface area contributed by atoms with Crippen molar-refractivity contribution >= 4 is 23.1 Å². The maximum atomic E-state index is 7.51. The lowest BCUT2D eigenvalue weighted by Crippen LogP contribution is -2.05. The molecule has 0 amide bonds. The predicted octanol–water partition coefficient (Wildman–Crippen LogP) is 3.61. The lowest BCUT2D eigenvalue weighted by atomic mass is 10.0. The third kappa shape index (κ3) is 3.31. The molecule has 1 aromatic carbocycles. The molecule has 3 heterocycles. The SMILES string of the molecule is CC(C)Cn1cnnc1-c1nc2c(s1)CCOc1cc(/C(C=N)=C/N)ccc1-2. The molecule has 4 rings (SSSR count). The molecule has 0 unspecified atom stereocenters. The molecule has 1 aliphatic rings. The molecular weight excluding hydrogens is 372 g/mol. The summed E-state index contributed by atoms with van der Waals surface area (Å²) in [5.41, 5.74) is 9.02. The van der Waals surface area contributed by atoms with Gasteiger partial charge in [0.05, 0.1) is 12.3 Å². The smallest absolute Gasteiger partial charge is 0.192 e. The van der Waals surface area contributed by atoms with Crippen molar-refractivity contribution in [1.82, 2.24) is 19.7 Å². The zero-order valence-electron chi connectivity index (χ0n) is 15.8. The van der Waals surface area contributed by atoms with E-state index in [-0.39, 0.29) is 0 Å². The number of allylic oxidation sites excluding steroid dienone is 1. The monoisotopic (exact) mass is 394 g/mol. The van der Waals surface area contributed by atoms with E-state index in [1.807, 2.05) is 18.2 Å². The van der Waals surface area contributed by atoms with Gasteiger partial charge in [0.15, 0.2) is 10.8 Å². The number of nitrogens with one attached hydrogen (secondary N) is 1. The Hall–Kier alpha value is -3.00. The number of rotatable bonds is 5. The topological polar surface area (TPSA) is 103 Å². The zero-order chi connectivity index (χ0) is 19.7. The number of nitrogens with zero attached hydrogens (tertiary/aromatic N) is 4. The number of hydrogen-bond donors (Lipinski definition) is 2. The summed E-state index contributed by atoms with van der Waals surface area (Å²) in [6, 6.07) is 5.86. The first kappa shape index (κ1) is 18.4. The van der Waals surface area contributed by atoms with Crippen molar-refractivity contribution < 1.29 is 4.74 Å². The summed E-state index contributed by atoms with van der Waals surface area (Å²) in [4.78, 5) is 6.09. The Morgan fingerprint density at radius 1 is 1.43 bits per heavy atom. The summed E-state index contributed by atoms with van der Waals surface area (Å²) in [7, 11) is 0. The summed E-state index contributed by atoms with van der Waals surface area (Å²) in [5, 5.41) is 16.8. The lowest BCUT2D eigenvalue weighted by molar-refractivity contribution is 0.327. The largest absolute Gasteiger partial charge is 0.492 e. The average Bonchev–Trinajstić information content (AvgIpc) is 3.26. The Balaban J connectivity index is 1.77. The van der Waals surface area contributed by atoms with E-state index in [2.05, 4.69) is 28.6 Å². The molecule has 0 saturated carbocycles. The van der Waals surface area contributed by atoms with Crippen LogP contribution in [0.1, 0.15) is 24.3 Å². The van der Waals surface area contributed by atoms with E-state index in [1.165, 1.54) is 17.3 Å². The molecule has 3 N–H and O–H groups in total. The van der Waals surface area contributed by atoms with Gasteiger partial charge in [0.25, 0.3) is 0 Å².